The number of hydrogen-bond acceptors (Lipinski definition) is 4. The minimum Gasteiger partial charge on any atom is -0.493 e. The zero-order chi connectivity index (χ0) is 16.6. The molecule has 0 atom stereocenters. The van der Waals surface area contributed by atoms with Crippen LogP contribution in [0.3, 0.4) is 0 Å². The molecule has 1 amide bonds. The van der Waals surface area contributed by atoms with Gasteiger partial charge in [-0.2, -0.15) is 0 Å². The van der Waals surface area contributed by atoms with Crippen LogP contribution in [-0.2, 0) is 11.3 Å². The van der Waals surface area contributed by atoms with Crippen LogP contribution in [0.15, 0.2) is 18.2 Å². The van der Waals surface area contributed by atoms with Gasteiger partial charge in [0, 0.05) is 12.1 Å². The van der Waals surface area contributed by atoms with Gasteiger partial charge in [0.05, 0.1) is 7.11 Å². The molecule has 22 heavy (non-hydrogen) atoms. The largest absolute Gasteiger partial charge is 0.493 e. The maximum absolute atomic E-state index is 11.8. The van der Waals surface area contributed by atoms with Crippen molar-refractivity contribution in [1.82, 2.24) is 10.6 Å². The normalized spacial score (nSPS) is 11.1. The standard InChI is InChI=1S/C17H28N2O3/c1-6-9-18-11-13-7-8-14(15(10-13)21-5)22-12-16(20)19-17(2,3)4/h7-8,10,18H,6,9,11-12H2,1-5H3,(H,19,20). The third kappa shape index (κ3) is 6.80. The molecule has 5 nitrogen and oxygen atoms in total. The zero-order valence-corrected chi connectivity index (χ0v) is 14.3. The summed E-state index contributed by atoms with van der Waals surface area (Å²) in [4.78, 5) is 11.8. The van der Waals surface area contributed by atoms with Crippen molar-refractivity contribution in [3.05, 3.63) is 23.8 Å². The molecule has 0 spiro atoms. The number of hydrogen-bond donors (Lipinski definition) is 2. The number of carbonyl (C=O) groups is 1. The number of ether oxygens (including phenoxy) is 2. The van der Waals surface area contributed by atoms with Crippen molar-refractivity contribution in [3.8, 4) is 11.5 Å². The lowest BCUT2D eigenvalue weighted by molar-refractivity contribution is -0.124. The van der Waals surface area contributed by atoms with Gasteiger partial charge < -0.3 is 20.1 Å². The first kappa shape index (κ1) is 18.3. The maximum Gasteiger partial charge on any atom is 0.258 e. The Morgan fingerprint density at radius 1 is 1.23 bits per heavy atom. The van der Waals surface area contributed by atoms with Crippen molar-refractivity contribution < 1.29 is 14.3 Å². The Morgan fingerprint density at radius 2 is 1.95 bits per heavy atom. The van der Waals surface area contributed by atoms with Crippen LogP contribution in [0.2, 0.25) is 0 Å². The van der Waals surface area contributed by atoms with E-state index in [1.165, 1.54) is 0 Å². The molecule has 0 radical (unpaired) electrons. The summed E-state index contributed by atoms with van der Waals surface area (Å²) in [6.07, 6.45) is 1.10. The molecule has 1 aromatic rings. The predicted molar refractivity (Wildman–Crippen MR) is 88.4 cm³/mol. The Hall–Kier alpha value is -1.75. The highest BCUT2D eigenvalue weighted by Crippen LogP contribution is 2.28. The lowest BCUT2D eigenvalue weighted by Gasteiger charge is -2.20. The highest BCUT2D eigenvalue weighted by Gasteiger charge is 2.15. The molecule has 0 heterocycles. The number of benzene rings is 1. The topological polar surface area (TPSA) is 59.6 Å². The fourth-order valence-corrected chi connectivity index (χ4v) is 1.95. The van der Waals surface area contributed by atoms with Crippen molar-refractivity contribution in [1.29, 1.82) is 0 Å². The molecule has 0 aliphatic rings. The summed E-state index contributed by atoms with van der Waals surface area (Å²) in [6, 6.07) is 5.74. The van der Waals surface area contributed by atoms with Crippen molar-refractivity contribution >= 4 is 5.91 Å². The van der Waals surface area contributed by atoms with Crippen LogP contribution in [-0.4, -0.2) is 31.7 Å². The number of amides is 1. The maximum atomic E-state index is 11.8. The molecule has 124 valence electrons. The summed E-state index contributed by atoms with van der Waals surface area (Å²) in [7, 11) is 1.60. The summed E-state index contributed by atoms with van der Waals surface area (Å²) >= 11 is 0. The Balaban J connectivity index is 2.61. The van der Waals surface area contributed by atoms with Gasteiger partial charge in [-0.1, -0.05) is 13.0 Å². The third-order valence-corrected chi connectivity index (χ3v) is 2.86. The molecule has 1 aromatic carbocycles. The minimum atomic E-state index is -0.265. The van der Waals surface area contributed by atoms with E-state index in [4.69, 9.17) is 9.47 Å². The van der Waals surface area contributed by atoms with Crippen molar-refractivity contribution in [2.24, 2.45) is 0 Å². The molecule has 0 saturated heterocycles. The second kappa shape index (κ2) is 8.63. The molecule has 0 fully saturated rings. The van der Waals surface area contributed by atoms with E-state index in [2.05, 4.69) is 17.6 Å². The molecular formula is C17H28N2O3. The molecule has 1 rings (SSSR count). The average Bonchev–Trinajstić information content (AvgIpc) is 2.44. The van der Waals surface area contributed by atoms with E-state index < -0.39 is 0 Å². The van der Waals surface area contributed by atoms with Crippen LogP contribution in [0.5, 0.6) is 11.5 Å². The molecule has 5 heteroatoms. The number of nitrogens with one attached hydrogen (secondary N) is 2. The zero-order valence-electron chi connectivity index (χ0n) is 14.3. The Bertz CT molecular complexity index is 481. The number of methoxy groups -OCH3 is 1. The Morgan fingerprint density at radius 3 is 2.55 bits per heavy atom. The molecule has 0 saturated carbocycles. The SMILES string of the molecule is CCCNCc1ccc(OCC(=O)NC(C)(C)C)c(OC)c1. The van der Waals surface area contributed by atoms with E-state index in [-0.39, 0.29) is 18.1 Å². The number of carbonyl (C=O) groups excluding carboxylic acids is 1. The summed E-state index contributed by atoms with van der Waals surface area (Å²) in [5.41, 5.74) is 0.857. The van der Waals surface area contributed by atoms with Crippen LogP contribution in [0.25, 0.3) is 0 Å². The van der Waals surface area contributed by atoms with E-state index in [1.54, 1.807) is 7.11 Å². The molecule has 0 bridgehead atoms. The summed E-state index contributed by atoms with van der Waals surface area (Å²) in [5, 5.41) is 6.20. The van der Waals surface area contributed by atoms with Gasteiger partial charge in [0.1, 0.15) is 0 Å². The first-order valence-electron chi connectivity index (χ1n) is 7.67. The lowest BCUT2D eigenvalue weighted by Crippen LogP contribution is -2.43. The average molecular weight is 308 g/mol. The van der Waals surface area contributed by atoms with Gasteiger partial charge in [-0.05, 0) is 51.4 Å². The second-order valence-corrected chi connectivity index (χ2v) is 6.25. The van der Waals surface area contributed by atoms with Gasteiger partial charge in [0.2, 0.25) is 0 Å². The van der Waals surface area contributed by atoms with Crippen molar-refractivity contribution in [2.45, 2.75) is 46.2 Å². The van der Waals surface area contributed by atoms with Crippen LogP contribution in [0.1, 0.15) is 39.7 Å². The van der Waals surface area contributed by atoms with Crippen molar-refractivity contribution in [3.63, 3.8) is 0 Å². The van der Waals surface area contributed by atoms with Crippen LogP contribution < -0.4 is 20.1 Å². The van der Waals surface area contributed by atoms with Crippen LogP contribution >= 0.6 is 0 Å². The van der Waals surface area contributed by atoms with Crippen LogP contribution in [0, 0.1) is 0 Å². The van der Waals surface area contributed by atoms with E-state index >= 15 is 0 Å². The van der Waals surface area contributed by atoms with Gasteiger partial charge in [-0.3, -0.25) is 4.79 Å². The van der Waals surface area contributed by atoms with Gasteiger partial charge in [-0.15, -0.1) is 0 Å². The Kier molecular flexibility index (Phi) is 7.18. The molecular weight excluding hydrogens is 280 g/mol. The fraction of sp³-hybridized carbons (Fsp3) is 0.588. The summed E-state index contributed by atoms with van der Waals surface area (Å²) in [5.74, 6) is 1.06. The van der Waals surface area contributed by atoms with E-state index in [0.29, 0.717) is 11.5 Å². The molecule has 0 unspecified atom stereocenters. The van der Waals surface area contributed by atoms with Gasteiger partial charge in [0.25, 0.3) is 5.91 Å². The first-order valence-corrected chi connectivity index (χ1v) is 7.67. The highest BCUT2D eigenvalue weighted by molar-refractivity contribution is 5.78. The summed E-state index contributed by atoms with van der Waals surface area (Å²) in [6.45, 7) is 9.67. The Labute approximate surface area is 133 Å². The number of rotatable bonds is 8. The first-order chi connectivity index (χ1) is 10.4. The highest BCUT2D eigenvalue weighted by atomic mass is 16.5. The van der Waals surface area contributed by atoms with E-state index in [0.717, 1.165) is 25.1 Å². The predicted octanol–water partition coefficient (Wildman–Crippen LogP) is 2.49. The third-order valence-electron chi connectivity index (χ3n) is 2.86. The smallest absolute Gasteiger partial charge is 0.258 e. The molecule has 0 aliphatic heterocycles. The van der Waals surface area contributed by atoms with E-state index in [1.807, 2.05) is 39.0 Å². The molecule has 0 aromatic heterocycles. The van der Waals surface area contributed by atoms with Gasteiger partial charge >= 0.3 is 0 Å². The van der Waals surface area contributed by atoms with Crippen LogP contribution in [0.4, 0.5) is 0 Å². The van der Waals surface area contributed by atoms with Crippen molar-refractivity contribution in [2.75, 3.05) is 20.3 Å². The summed E-state index contributed by atoms with van der Waals surface area (Å²) < 4.78 is 10.9. The fourth-order valence-electron chi connectivity index (χ4n) is 1.95. The second-order valence-electron chi connectivity index (χ2n) is 6.25. The molecule has 2 N–H and O–H groups in total. The molecule has 0 aliphatic carbocycles. The monoisotopic (exact) mass is 308 g/mol. The lowest BCUT2D eigenvalue weighted by atomic mass is 10.1. The van der Waals surface area contributed by atoms with Gasteiger partial charge in [-0.25, -0.2) is 0 Å². The minimum absolute atomic E-state index is 0.0267. The van der Waals surface area contributed by atoms with Gasteiger partial charge in [0.15, 0.2) is 18.1 Å². The quantitative estimate of drug-likeness (QED) is 0.724. The van der Waals surface area contributed by atoms with E-state index in [9.17, 15) is 4.79 Å².